The molecular weight excluding hydrogens is 162 g/mol. The van der Waals surface area contributed by atoms with E-state index in [1.165, 1.54) is 4.83 Å². The van der Waals surface area contributed by atoms with Crippen LogP contribution in [-0.2, 0) is 15.1 Å². The van der Waals surface area contributed by atoms with Crippen molar-refractivity contribution in [2.45, 2.75) is 6.92 Å². The Morgan fingerprint density at radius 2 is 2.30 bits per heavy atom. The zero-order chi connectivity index (χ0) is 8.20. The summed E-state index contributed by atoms with van der Waals surface area (Å²) in [4.78, 5) is 5.82. The fourth-order valence-corrected chi connectivity index (χ4v) is 0.559. The summed E-state index contributed by atoms with van der Waals surface area (Å²) in [6.45, 7) is 1.80. The highest BCUT2D eigenvalue weighted by molar-refractivity contribution is 7.83. The van der Waals surface area contributed by atoms with Crippen LogP contribution in [0.1, 0.15) is 6.92 Å². The molecule has 0 aliphatic rings. The summed E-state index contributed by atoms with van der Waals surface area (Å²) in [6.07, 6.45) is 0. The molecule has 0 fully saturated rings. The Hall–Kier alpha value is -0.250. The number of nitrogens with one attached hydrogen (secondary N) is 1. The third-order valence-corrected chi connectivity index (χ3v) is 0.884. The topological polar surface area (TPSA) is 105 Å². The van der Waals surface area contributed by atoms with Crippen LogP contribution in [0.2, 0.25) is 0 Å². The van der Waals surface area contributed by atoms with Gasteiger partial charge in [-0.2, -0.15) is 8.42 Å². The second-order valence-electron chi connectivity index (χ2n) is 1.31. The number of hydrogen-bond acceptors (Lipinski definition) is 5. The lowest BCUT2D eigenvalue weighted by atomic mass is 10.9. The van der Waals surface area contributed by atoms with Crippen LogP contribution < -0.4 is 10.7 Å². The average molecular weight is 171 g/mol. The lowest BCUT2D eigenvalue weighted by molar-refractivity contribution is -0.177. The van der Waals surface area contributed by atoms with Crippen molar-refractivity contribution >= 4 is 10.3 Å². The molecule has 0 unspecified atom stereocenters. The van der Waals surface area contributed by atoms with Gasteiger partial charge in [0.2, 0.25) is 0 Å². The van der Waals surface area contributed by atoms with Crippen LogP contribution in [0.25, 0.3) is 0 Å². The Morgan fingerprint density at radius 1 is 1.80 bits per heavy atom. The van der Waals surface area contributed by atoms with Gasteiger partial charge in [0.1, 0.15) is 0 Å². The van der Waals surface area contributed by atoms with Gasteiger partial charge in [0.05, 0.1) is 6.61 Å². The van der Waals surface area contributed by atoms with Gasteiger partial charge in [0.25, 0.3) is 0 Å². The molecule has 0 aromatic heterocycles. The summed E-state index contributed by atoms with van der Waals surface area (Å²) in [6, 6.07) is 0. The molecule has 7 nitrogen and oxygen atoms in total. The Labute approximate surface area is 58.5 Å². The number of nitrogens with zero attached hydrogens (tertiary/aromatic N) is 1. The molecule has 0 aromatic carbocycles. The highest BCUT2D eigenvalue weighted by atomic mass is 32.2. The van der Waals surface area contributed by atoms with E-state index in [-0.39, 0.29) is 6.61 Å². The highest BCUT2D eigenvalue weighted by Gasteiger charge is 2.06. The van der Waals surface area contributed by atoms with Crippen molar-refractivity contribution in [2.24, 2.45) is 5.84 Å². The predicted molar refractivity (Wildman–Crippen MR) is 32.3 cm³/mol. The molecule has 0 rings (SSSR count). The van der Waals surface area contributed by atoms with Crippen LogP contribution in [0, 0.1) is 0 Å². The molecule has 0 radical (unpaired) electrons. The van der Waals surface area contributed by atoms with Gasteiger partial charge in [-0.1, -0.05) is 4.83 Å². The molecule has 0 aliphatic heterocycles. The molecular formula is C2H9N3O4S. The SMILES string of the molecule is CCON(N)NS(=O)(=O)O. The molecule has 0 aliphatic carbocycles. The summed E-state index contributed by atoms with van der Waals surface area (Å²) in [5.74, 6) is 4.83. The Balaban J connectivity index is 3.69. The third kappa shape index (κ3) is 5.88. The first kappa shape index (κ1) is 9.75. The lowest BCUT2D eigenvalue weighted by Crippen LogP contribution is -2.46. The smallest absolute Gasteiger partial charge is 0.272 e. The zero-order valence-corrected chi connectivity index (χ0v) is 6.13. The molecule has 0 spiro atoms. The summed E-state index contributed by atoms with van der Waals surface area (Å²) in [5.41, 5.74) is 0. The van der Waals surface area contributed by atoms with Gasteiger partial charge < -0.3 is 0 Å². The standard InChI is InChI=1S/C2H9N3O4S/c1-2-9-5(3)4-10(6,7)8/h4H,2-3H2,1H3,(H,6,7,8). The van der Waals surface area contributed by atoms with E-state index >= 15 is 0 Å². The van der Waals surface area contributed by atoms with Crippen LogP contribution >= 0.6 is 0 Å². The van der Waals surface area contributed by atoms with Gasteiger partial charge in [-0.05, 0) is 12.2 Å². The van der Waals surface area contributed by atoms with Gasteiger partial charge >= 0.3 is 10.3 Å². The number of nitrogens with two attached hydrogens (primary N) is 1. The number of rotatable bonds is 4. The van der Waals surface area contributed by atoms with Crippen molar-refractivity contribution in [3.8, 4) is 0 Å². The maximum absolute atomic E-state index is 9.96. The molecule has 0 amide bonds. The first-order chi connectivity index (χ1) is 4.45. The normalized spacial score (nSPS) is 12.4. The Morgan fingerprint density at radius 3 is 2.60 bits per heavy atom. The summed E-state index contributed by atoms with van der Waals surface area (Å²) in [7, 11) is -4.32. The molecule has 0 bridgehead atoms. The van der Waals surface area contributed by atoms with Crippen molar-refractivity contribution < 1.29 is 17.8 Å². The van der Waals surface area contributed by atoms with E-state index in [0.717, 1.165) is 0 Å². The molecule has 0 atom stereocenters. The van der Waals surface area contributed by atoms with Crippen molar-refractivity contribution in [2.75, 3.05) is 6.61 Å². The molecule has 0 saturated carbocycles. The van der Waals surface area contributed by atoms with E-state index in [2.05, 4.69) is 4.84 Å². The minimum atomic E-state index is -4.32. The Bertz CT molecular complexity index is 177. The van der Waals surface area contributed by atoms with E-state index in [1.807, 2.05) is 0 Å². The second-order valence-corrected chi connectivity index (χ2v) is 2.44. The van der Waals surface area contributed by atoms with E-state index < -0.39 is 10.3 Å². The quantitative estimate of drug-likeness (QED) is 0.268. The van der Waals surface area contributed by atoms with Gasteiger partial charge in [0.15, 0.2) is 0 Å². The van der Waals surface area contributed by atoms with Crippen molar-refractivity contribution in [3.63, 3.8) is 0 Å². The molecule has 62 valence electrons. The summed E-state index contributed by atoms with van der Waals surface area (Å²) < 4.78 is 28.0. The van der Waals surface area contributed by atoms with Crippen molar-refractivity contribution in [1.29, 1.82) is 0 Å². The number of hydrogen-bond donors (Lipinski definition) is 3. The van der Waals surface area contributed by atoms with E-state index in [1.54, 1.807) is 6.92 Å². The number of hydrazine groups is 2. The largest absolute Gasteiger partial charge is 0.349 e. The Kier molecular flexibility index (Phi) is 3.71. The molecule has 0 saturated heterocycles. The van der Waals surface area contributed by atoms with Crippen LogP contribution in [0.3, 0.4) is 0 Å². The van der Waals surface area contributed by atoms with Crippen LogP contribution in [0.15, 0.2) is 0 Å². The molecule has 8 heteroatoms. The van der Waals surface area contributed by atoms with Gasteiger partial charge in [-0.15, -0.1) is 0 Å². The average Bonchev–Trinajstić information content (AvgIpc) is 1.59. The first-order valence-electron chi connectivity index (χ1n) is 2.38. The monoisotopic (exact) mass is 171 g/mol. The molecule has 0 heterocycles. The molecule has 4 N–H and O–H groups in total. The summed E-state index contributed by atoms with van der Waals surface area (Å²) in [5, 5.41) is 0.301. The van der Waals surface area contributed by atoms with Gasteiger partial charge in [-0.25, -0.2) is 5.84 Å². The highest BCUT2D eigenvalue weighted by Crippen LogP contribution is 1.77. The second kappa shape index (κ2) is 3.81. The first-order valence-corrected chi connectivity index (χ1v) is 3.82. The van der Waals surface area contributed by atoms with Crippen LogP contribution in [0.5, 0.6) is 0 Å². The predicted octanol–water partition coefficient (Wildman–Crippen LogP) is -1.58. The maximum Gasteiger partial charge on any atom is 0.349 e. The minimum Gasteiger partial charge on any atom is -0.272 e. The van der Waals surface area contributed by atoms with Crippen LogP contribution in [-0.4, -0.2) is 24.9 Å². The third-order valence-electron chi connectivity index (χ3n) is 0.474. The van der Waals surface area contributed by atoms with Crippen LogP contribution in [0.4, 0.5) is 0 Å². The van der Waals surface area contributed by atoms with Crippen molar-refractivity contribution in [3.05, 3.63) is 0 Å². The van der Waals surface area contributed by atoms with Crippen molar-refractivity contribution in [1.82, 2.24) is 10.1 Å². The minimum absolute atomic E-state index is 0.193. The fraction of sp³-hybridized carbons (Fsp3) is 1.00. The zero-order valence-electron chi connectivity index (χ0n) is 5.31. The van der Waals surface area contributed by atoms with E-state index in [9.17, 15) is 8.42 Å². The van der Waals surface area contributed by atoms with Gasteiger partial charge in [-0.3, -0.25) is 9.39 Å². The lowest BCUT2D eigenvalue weighted by Gasteiger charge is -2.12. The van der Waals surface area contributed by atoms with E-state index in [4.69, 9.17) is 10.4 Å². The maximum atomic E-state index is 9.96. The van der Waals surface area contributed by atoms with E-state index in [0.29, 0.717) is 5.28 Å². The molecule has 0 aromatic rings. The summed E-state index contributed by atoms with van der Waals surface area (Å²) >= 11 is 0. The fourth-order valence-electron chi connectivity index (χ4n) is 0.279. The molecule has 10 heavy (non-hydrogen) atoms. The van der Waals surface area contributed by atoms with Gasteiger partial charge in [0, 0.05) is 0 Å².